The Morgan fingerprint density at radius 3 is 2.20 bits per heavy atom. The van der Waals surface area contributed by atoms with Gasteiger partial charge in [0.15, 0.2) is 0 Å². The number of amides is 1. The average Bonchev–Trinajstić information content (AvgIpc) is 3.44. The predicted octanol–water partition coefficient (Wildman–Crippen LogP) is 3.84. The van der Waals surface area contributed by atoms with E-state index >= 15 is 0 Å². The molecule has 4 N–H and O–H groups in total. The normalized spacial score (nSPS) is 19.7. The topological polar surface area (TPSA) is 109 Å². The van der Waals surface area contributed by atoms with Crippen molar-refractivity contribution in [1.82, 2.24) is 0 Å². The number of anilines is 1. The van der Waals surface area contributed by atoms with Crippen LogP contribution in [0.15, 0.2) is 36.4 Å². The van der Waals surface area contributed by atoms with Gasteiger partial charge in [-0.05, 0) is 66.1 Å². The fourth-order valence-corrected chi connectivity index (χ4v) is 4.35. The molecule has 6 nitrogen and oxygen atoms in total. The first-order valence-electron chi connectivity index (χ1n) is 9.48. The van der Waals surface area contributed by atoms with Crippen molar-refractivity contribution in [3.63, 3.8) is 0 Å². The van der Waals surface area contributed by atoms with Crippen LogP contribution in [0.2, 0.25) is 0 Å². The maximum absolute atomic E-state index is 13.6. The SMILES string of the molecule is CC1(C)Cc2cc(C(N)=O)ccc2NC1c1cc(F)cc(F)c1.O=S(=O)(O)C1CC1. The maximum Gasteiger partial charge on any atom is 0.267 e. The second-order valence-corrected chi connectivity index (χ2v) is 10.1. The van der Waals surface area contributed by atoms with Crippen LogP contribution in [0.5, 0.6) is 0 Å². The standard InChI is InChI=1S/C18H18F2N2O.C3H6O3S/c1-18(2)9-12-5-10(17(21)23)3-4-15(12)22-16(18)11-6-13(19)8-14(20)7-11;4-7(5,6)3-1-2-3/h3-8,16,22H,9H2,1-2H3,(H2,21,23);3H,1-2H2,(H,4,5,6). The highest BCUT2D eigenvalue weighted by atomic mass is 32.2. The number of hydrogen-bond donors (Lipinski definition) is 3. The van der Waals surface area contributed by atoms with Crippen LogP contribution in [0, 0.1) is 17.0 Å². The number of hydrogen-bond acceptors (Lipinski definition) is 4. The Morgan fingerprint density at radius 1 is 1.13 bits per heavy atom. The van der Waals surface area contributed by atoms with Crippen molar-refractivity contribution < 1.29 is 26.5 Å². The van der Waals surface area contributed by atoms with E-state index in [4.69, 9.17) is 10.3 Å². The van der Waals surface area contributed by atoms with Crippen molar-refractivity contribution in [2.45, 2.75) is 44.4 Å². The number of carbonyl (C=O) groups is 1. The van der Waals surface area contributed by atoms with Crippen molar-refractivity contribution >= 4 is 21.7 Å². The van der Waals surface area contributed by atoms with Crippen LogP contribution in [-0.4, -0.2) is 24.1 Å². The number of rotatable bonds is 3. The van der Waals surface area contributed by atoms with Crippen LogP contribution in [0.1, 0.15) is 54.2 Å². The molecule has 30 heavy (non-hydrogen) atoms. The highest BCUT2D eigenvalue weighted by Crippen LogP contribution is 2.45. The van der Waals surface area contributed by atoms with E-state index in [-0.39, 0.29) is 11.5 Å². The lowest BCUT2D eigenvalue weighted by atomic mass is 9.72. The maximum atomic E-state index is 13.6. The third-order valence-electron chi connectivity index (χ3n) is 5.28. The Balaban J connectivity index is 0.000000310. The van der Waals surface area contributed by atoms with Crippen LogP contribution in [0.25, 0.3) is 0 Å². The first-order valence-corrected chi connectivity index (χ1v) is 11.0. The molecule has 0 aromatic heterocycles. The van der Waals surface area contributed by atoms with Gasteiger partial charge in [-0.1, -0.05) is 13.8 Å². The monoisotopic (exact) mass is 438 g/mol. The van der Waals surface area contributed by atoms with Crippen LogP contribution in [0.4, 0.5) is 14.5 Å². The lowest BCUT2D eigenvalue weighted by Gasteiger charge is -2.41. The summed E-state index contributed by atoms with van der Waals surface area (Å²) < 4.78 is 55.1. The van der Waals surface area contributed by atoms with Gasteiger partial charge in [0, 0.05) is 17.3 Å². The molecular formula is C21H24F2N2O4S. The lowest BCUT2D eigenvalue weighted by Crippen LogP contribution is -2.35. The van der Waals surface area contributed by atoms with Gasteiger partial charge in [-0.15, -0.1) is 0 Å². The molecule has 4 rings (SSSR count). The third-order valence-corrected chi connectivity index (χ3v) is 6.59. The third kappa shape index (κ3) is 5.14. The molecule has 1 aliphatic heterocycles. The molecule has 1 aliphatic carbocycles. The molecule has 0 radical (unpaired) electrons. The molecule has 2 aromatic rings. The number of fused-ring (bicyclic) bond motifs is 1. The summed E-state index contributed by atoms with van der Waals surface area (Å²) >= 11 is 0. The first-order chi connectivity index (χ1) is 13.9. The van der Waals surface area contributed by atoms with Gasteiger partial charge in [0.05, 0.1) is 11.3 Å². The molecule has 1 heterocycles. The molecule has 1 fully saturated rings. The van der Waals surface area contributed by atoms with Gasteiger partial charge < -0.3 is 11.1 Å². The molecule has 2 aliphatic rings. The van der Waals surface area contributed by atoms with Gasteiger partial charge in [0.1, 0.15) is 11.6 Å². The van der Waals surface area contributed by atoms with Crippen molar-refractivity contribution in [1.29, 1.82) is 0 Å². The highest BCUT2D eigenvalue weighted by Gasteiger charge is 2.36. The summed E-state index contributed by atoms with van der Waals surface area (Å²) in [6.07, 6.45) is 1.94. The zero-order valence-corrected chi connectivity index (χ0v) is 17.5. The Hall–Kier alpha value is -2.52. The second kappa shape index (κ2) is 7.96. The largest absolute Gasteiger partial charge is 0.377 e. The fourth-order valence-electron chi connectivity index (χ4n) is 3.62. The van der Waals surface area contributed by atoms with E-state index in [1.807, 2.05) is 13.8 Å². The average molecular weight is 438 g/mol. The predicted molar refractivity (Wildman–Crippen MR) is 110 cm³/mol. The van der Waals surface area contributed by atoms with Gasteiger partial charge in [-0.25, -0.2) is 8.78 Å². The quantitative estimate of drug-likeness (QED) is 0.631. The zero-order chi connectivity index (χ0) is 22.3. The van der Waals surface area contributed by atoms with Gasteiger partial charge in [-0.2, -0.15) is 8.42 Å². The molecule has 0 spiro atoms. The van der Waals surface area contributed by atoms with Crippen LogP contribution in [0.3, 0.4) is 0 Å². The van der Waals surface area contributed by atoms with Gasteiger partial charge in [0.25, 0.3) is 10.1 Å². The van der Waals surface area contributed by atoms with E-state index in [9.17, 15) is 22.0 Å². The summed E-state index contributed by atoms with van der Waals surface area (Å²) in [6.45, 7) is 4.04. The molecule has 2 aromatic carbocycles. The molecule has 1 amide bonds. The number of benzene rings is 2. The Morgan fingerprint density at radius 2 is 1.73 bits per heavy atom. The number of carbonyl (C=O) groups excluding carboxylic acids is 1. The summed E-state index contributed by atoms with van der Waals surface area (Å²) in [5.41, 5.74) is 7.88. The van der Waals surface area contributed by atoms with E-state index in [2.05, 4.69) is 5.32 Å². The van der Waals surface area contributed by atoms with Crippen molar-refractivity contribution in [3.8, 4) is 0 Å². The minimum atomic E-state index is -3.63. The minimum Gasteiger partial charge on any atom is -0.377 e. The van der Waals surface area contributed by atoms with Gasteiger partial charge in [0.2, 0.25) is 5.91 Å². The van der Waals surface area contributed by atoms with Crippen molar-refractivity contribution in [2.24, 2.45) is 11.1 Å². The van der Waals surface area contributed by atoms with E-state index in [0.717, 1.165) is 17.3 Å². The van der Waals surface area contributed by atoms with E-state index in [1.165, 1.54) is 12.1 Å². The summed E-state index contributed by atoms with van der Waals surface area (Å²) in [6, 6.07) is 8.54. The minimum absolute atomic E-state index is 0.236. The fraction of sp³-hybridized carbons (Fsp3) is 0.381. The lowest BCUT2D eigenvalue weighted by molar-refractivity contribution is 0.1000. The summed E-state index contributed by atoms with van der Waals surface area (Å²) in [5.74, 6) is -1.65. The second-order valence-electron chi connectivity index (χ2n) is 8.40. The van der Waals surface area contributed by atoms with Crippen LogP contribution in [-0.2, 0) is 16.5 Å². The summed E-state index contributed by atoms with van der Waals surface area (Å²) in [7, 11) is -3.63. The molecule has 1 saturated carbocycles. The Kier molecular flexibility index (Phi) is 5.88. The number of nitrogens with one attached hydrogen (secondary N) is 1. The molecule has 1 unspecified atom stereocenters. The molecular weight excluding hydrogens is 414 g/mol. The van der Waals surface area contributed by atoms with Gasteiger partial charge in [-0.3, -0.25) is 9.35 Å². The van der Waals surface area contributed by atoms with E-state index in [1.54, 1.807) is 18.2 Å². The zero-order valence-electron chi connectivity index (χ0n) is 16.7. The number of nitrogens with two attached hydrogens (primary N) is 1. The van der Waals surface area contributed by atoms with Crippen molar-refractivity contribution in [3.05, 3.63) is 64.7 Å². The van der Waals surface area contributed by atoms with Crippen LogP contribution >= 0.6 is 0 Å². The number of primary amides is 1. The Bertz CT molecular complexity index is 1060. The Labute approximate surface area is 174 Å². The van der Waals surface area contributed by atoms with Crippen molar-refractivity contribution in [2.75, 3.05) is 5.32 Å². The number of halogens is 2. The molecule has 162 valence electrons. The van der Waals surface area contributed by atoms with Gasteiger partial charge >= 0.3 is 0 Å². The van der Waals surface area contributed by atoms with Crippen LogP contribution < -0.4 is 11.1 Å². The molecule has 9 heteroatoms. The highest BCUT2D eigenvalue weighted by molar-refractivity contribution is 7.86. The first kappa shape index (κ1) is 22.2. The van der Waals surface area contributed by atoms with E-state index in [0.29, 0.717) is 30.4 Å². The summed E-state index contributed by atoms with van der Waals surface area (Å²) in [5, 5.41) is 2.92. The van der Waals surface area contributed by atoms with E-state index < -0.39 is 32.9 Å². The smallest absolute Gasteiger partial charge is 0.267 e. The molecule has 1 atom stereocenters. The molecule has 0 bridgehead atoms. The molecule has 0 saturated heterocycles. The summed E-state index contributed by atoms with van der Waals surface area (Å²) in [4.78, 5) is 11.3.